The Kier molecular flexibility index (Phi) is 6.30. The highest BCUT2D eigenvalue weighted by Gasteiger charge is 2.21. The van der Waals surface area contributed by atoms with E-state index in [1.54, 1.807) is 0 Å². The third kappa shape index (κ3) is 5.01. The fourth-order valence-corrected chi connectivity index (χ4v) is 2.50. The second-order valence-electron chi connectivity index (χ2n) is 4.58. The first-order chi connectivity index (χ1) is 7.24. The van der Waals surface area contributed by atoms with Gasteiger partial charge >= 0.3 is 0 Å². The van der Waals surface area contributed by atoms with Gasteiger partial charge in [-0.3, -0.25) is 4.79 Å². The summed E-state index contributed by atoms with van der Waals surface area (Å²) in [5.74, 6) is 0.585. The summed E-state index contributed by atoms with van der Waals surface area (Å²) in [5, 5.41) is 4.15. The lowest BCUT2D eigenvalue weighted by Gasteiger charge is -2.23. The quantitative estimate of drug-likeness (QED) is 0.767. The highest BCUT2D eigenvalue weighted by molar-refractivity contribution is 9.09. The lowest BCUT2D eigenvalue weighted by atomic mass is 9.88. The molecule has 0 saturated heterocycles. The van der Waals surface area contributed by atoms with E-state index < -0.39 is 0 Å². The van der Waals surface area contributed by atoms with Crippen molar-refractivity contribution in [3.63, 3.8) is 0 Å². The van der Waals surface area contributed by atoms with Gasteiger partial charge in [0.15, 0.2) is 0 Å². The number of hydrogen-bond acceptors (Lipinski definition) is 1. The Balaban J connectivity index is 2.21. The molecule has 1 amide bonds. The first kappa shape index (κ1) is 13.0. The topological polar surface area (TPSA) is 29.1 Å². The molecule has 1 N–H and O–H groups in total. The summed E-state index contributed by atoms with van der Waals surface area (Å²) in [6.45, 7) is 2.10. The number of amides is 1. The Morgan fingerprint density at radius 2 is 2.07 bits per heavy atom. The molecule has 0 aromatic heterocycles. The Hall–Kier alpha value is -0.0500. The highest BCUT2D eigenvalue weighted by Crippen LogP contribution is 2.23. The van der Waals surface area contributed by atoms with Crippen LogP contribution in [0, 0.1) is 5.92 Å². The van der Waals surface area contributed by atoms with Crippen LogP contribution in [0.15, 0.2) is 0 Å². The van der Waals surface area contributed by atoms with Crippen LogP contribution in [0.25, 0.3) is 0 Å². The van der Waals surface area contributed by atoms with E-state index in [0.29, 0.717) is 12.0 Å². The zero-order valence-electron chi connectivity index (χ0n) is 9.60. The summed E-state index contributed by atoms with van der Waals surface area (Å²) in [6.07, 6.45) is 8.16. The predicted molar refractivity (Wildman–Crippen MR) is 67.2 cm³/mol. The van der Waals surface area contributed by atoms with Gasteiger partial charge in [0, 0.05) is 17.3 Å². The molecular weight excluding hydrogens is 254 g/mol. The van der Waals surface area contributed by atoms with Gasteiger partial charge in [-0.05, 0) is 32.6 Å². The molecule has 15 heavy (non-hydrogen) atoms. The first-order valence-electron chi connectivity index (χ1n) is 6.10. The van der Waals surface area contributed by atoms with Crippen LogP contribution in [0.5, 0.6) is 0 Å². The predicted octanol–water partition coefficient (Wildman–Crippen LogP) is 3.25. The number of halogens is 1. The third-order valence-electron chi connectivity index (χ3n) is 3.14. The van der Waals surface area contributed by atoms with Crippen molar-refractivity contribution in [1.29, 1.82) is 0 Å². The van der Waals surface area contributed by atoms with Crippen LogP contribution >= 0.6 is 15.9 Å². The van der Waals surface area contributed by atoms with E-state index in [-0.39, 0.29) is 5.91 Å². The Morgan fingerprint density at radius 3 is 2.67 bits per heavy atom. The van der Waals surface area contributed by atoms with Crippen LogP contribution in [0.2, 0.25) is 0 Å². The summed E-state index contributed by atoms with van der Waals surface area (Å²) in [5.41, 5.74) is 0. The van der Waals surface area contributed by atoms with E-state index in [0.717, 1.165) is 31.0 Å². The Labute approximate surface area is 101 Å². The van der Waals surface area contributed by atoms with Crippen molar-refractivity contribution in [2.24, 2.45) is 5.92 Å². The molecule has 0 heterocycles. The average molecular weight is 276 g/mol. The van der Waals surface area contributed by atoms with E-state index in [1.807, 2.05) is 0 Å². The Bertz CT molecular complexity index is 190. The van der Waals surface area contributed by atoms with Crippen molar-refractivity contribution >= 4 is 21.8 Å². The average Bonchev–Trinajstić information content (AvgIpc) is 2.27. The molecule has 3 heteroatoms. The fraction of sp³-hybridized carbons (Fsp3) is 0.917. The van der Waals surface area contributed by atoms with Crippen molar-refractivity contribution in [3.05, 3.63) is 0 Å². The first-order valence-corrected chi connectivity index (χ1v) is 7.22. The molecule has 1 unspecified atom stereocenters. The third-order valence-corrected chi connectivity index (χ3v) is 3.70. The van der Waals surface area contributed by atoms with Gasteiger partial charge in [-0.1, -0.05) is 35.2 Å². The molecule has 1 aliphatic carbocycles. The maximum atomic E-state index is 11.8. The summed E-state index contributed by atoms with van der Waals surface area (Å²) in [4.78, 5) is 11.8. The van der Waals surface area contributed by atoms with Gasteiger partial charge in [0.2, 0.25) is 5.91 Å². The number of alkyl halides is 1. The molecule has 0 aromatic carbocycles. The molecule has 0 aliphatic heterocycles. The largest absolute Gasteiger partial charge is 0.353 e. The van der Waals surface area contributed by atoms with Gasteiger partial charge in [-0.15, -0.1) is 0 Å². The maximum Gasteiger partial charge on any atom is 0.223 e. The van der Waals surface area contributed by atoms with Gasteiger partial charge in [-0.2, -0.15) is 0 Å². The minimum absolute atomic E-state index is 0.289. The smallest absolute Gasteiger partial charge is 0.223 e. The van der Waals surface area contributed by atoms with Gasteiger partial charge in [0.1, 0.15) is 0 Å². The summed E-state index contributed by atoms with van der Waals surface area (Å²) < 4.78 is 0. The number of carbonyl (C=O) groups is 1. The minimum atomic E-state index is 0.289. The fourth-order valence-electron chi connectivity index (χ4n) is 2.18. The summed E-state index contributed by atoms with van der Waals surface area (Å²) >= 11 is 3.41. The van der Waals surface area contributed by atoms with Crippen LogP contribution in [0.3, 0.4) is 0 Å². The van der Waals surface area contributed by atoms with E-state index >= 15 is 0 Å². The zero-order chi connectivity index (χ0) is 11.1. The van der Waals surface area contributed by atoms with Crippen molar-refractivity contribution in [2.45, 2.75) is 57.9 Å². The van der Waals surface area contributed by atoms with Crippen LogP contribution in [0.4, 0.5) is 0 Å². The second-order valence-corrected chi connectivity index (χ2v) is 5.37. The maximum absolute atomic E-state index is 11.8. The molecule has 0 bridgehead atoms. The van der Waals surface area contributed by atoms with E-state index in [1.165, 1.54) is 19.3 Å². The molecule has 1 rings (SSSR count). The zero-order valence-corrected chi connectivity index (χ0v) is 11.2. The van der Waals surface area contributed by atoms with Gasteiger partial charge < -0.3 is 5.32 Å². The second kappa shape index (κ2) is 7.26. The van der Waals surface area contributed by atoms with E-state index in [2.05, 4.69) is 28.2 Å². The van der Waals surface area contributed by atoms with Crippen molar-refractivity contribution < 1.29 is 4.79 Å². The lowest BCUT2D eigenvalue weighted by Crippen LogP contribution is -2.38. The molecule has 88 valence electrons. The van der Waals surface area contributed by atoms with Crippen molar-refractivity contribution in [3.8, 4) is 0 Å². The van der Waals surface area contributed by atoms with Gasteiger partial charge in [0.25, 0.3) is 0 Å². The lowest BCUT2D eigenvalue weighted by molar-refractivity contribution is -0.126. The molecule has 1 fully saturated rings. The number of carbonyl (C=O) groups excluding carboxylic acids is 1. The number of rotatable bonds is 5. The Morgan fingerprint density at radius 1 is 1.40 bits per heavy atom. The molecule has 0 radical (unpaired) electrons. The molecule has 0 spiro atoms. The SMILES string of the molecule is CC(CCCBr)NC(=O)C1CCCCC1. The van der Waals surface area contributed by atoms with Gasteiger partial charge in [0.05, 0.1) is 0 Å². The molecule has 0 aromatic rings. The van der Waals surface area contributed by atoms with Crippen LogP contribution in [0.1, 0.15) is 51.9 Å². The number of hydrogen-bond donors (Lipinski definition) is 1. The van der Waals surface area contributed by atoms with E-state index in [4.69, 9.17) is 0 Å². The van der Waals surface area contributed by atoms with Crippen molar-refractivity contribution in [1.82, 2.24) is 5.32 Å². The minimum Gasteiger partial charge on any atom is -0.353 e. The van der Waals surface area contributed by atoms with Gasteiger partial charge in [-0.25, -0.2) is 0 Å². The van der Waals surface area contributed by atoms with E-state index in [9.17, 15) is 4.79 Å². The van der Waals surface area contributed by atoms with Crippen LogP contribution in [-0.4, -0.2) is 17.3 Å². The monoisotopic (exact) mass is 275 g/mol. The summed E-state index contributed by atoms with van der Waals surface area (Å²) in [7, 11) is 0. The highest BCUT2D eigenvalue weighted by atomic mass is 79.9. The van der Waals surface area contributed by atoms with Crippen LogP contribution in [-0.2, 0) is 4.79 Å². The molecule has 2 nitrogen and oxygen atoms in total. The normalized spacial score (nSPS) is 19.9. The standard InChI is InChI=1S/C12H22BrNO/c1-10(6-5-9-13)14-12(15)11-7-3-2-4-8-11/h10-11H,2-9H2,1H3,(H,14,15). The number of nitrogens with one attached hydrogen (secondary N) is 1. The molecule has 1 aliphatic rings. The molecule has 1 saturated carbocycles. The molecule has 1 atom stereocenters. The summed E-state index contributed by atoms with van der Waals surface area (Å²) in [6, 6.07) is 0.331. The molecular formula is C12H22BrNO. The van der Waals surface area contributed by atoms with Crippen LogP contribution < -0.4 is 5.32 Å². The van der Waals surface area contributed by atoms with Crippen molar-refractivity contribution in [2.75, 3.05) is 5.33 Å².